The third-order valence-corrected chi connectivity index (χ3v) is 6.72. The predicted octanol–water partition coefficient (Wildman–Crippen LogP) is 6.29. The maximum atomic E-state index is 13.2. The van der Waals surface area contributed by atoms with Crippen LogP contribution in [0.5, 0.6) is 0 Å². The molecule has 4 rings (SSSR count). The highest BCUT2D eigenvalue weighted by Gasteiger charge is 2.22. The van der Waals surface area contributed by atoms with Gasteiger partial charge in [-0.05, 0) is 55.8 Å². The van der Waals surface area contributed by atoms with Crippen molar-refractivity contribution in [2.75, 3.05) is 12.4 Å². The second-order valence-electron chi connectivity index (χ2n) is 10.6. The Bertz CT molecular complexity index is 1490. The van der Waals surface area contributed by atoms with E-state index in [0.717, 1.165) is 27.8 Å². The van der Waals surface area contributed by atoms with Crippen LogP contribution in [0.15, 0.2) is 60.9 Å². The van der Waals surface area contributed by atoms with E-state index < -0.39 is 11.0 Å². The van der Waals surface area contributed by atoms with Gasteiger partial charge in [0.2, 0.25) is 5.91 Å². The molecule has 0 fully saturated rings. The van der Waals surface area contributed by atoms with Crippen molar-refractivity contribution < 1.29 is 14.3 Å². The molecule has 2 amide bonds. The van der Waals surface area contributed by atoms with E-state index in [2.05, 4.69) is 20.7 Å². The highest BCUT2D eigenvalue weighted by molar-refractivity contribution is 6.34. The molecule has 0 saturated heterocycles. The highest BCUT2D eigenvalue weighted by Crippen LogP contribution is 2.28. The van der Waals surface area contributed by atoms with E-state index in [1.165, 1.54) is 0 Å². The zero-order valence-corrected chi connectivity index (χ0v) is 24.4. The Kier molecular flexibility index (Phi) is 9.05. The number of pyridine rings is 1. The lowest BCUT2D eigenvalue weighted by molar-refractivity contribution is -0.128. The third-order valence-electron chi connectivity index (χ3n) is 6.39. The molecule has 2 N–H and O–H groups in total. The molecule has 2 heterocycles. The molecule has 0 atom stereocenters. The van der Waals surface area contributed by atoms with Crippen molar-refractivity contribution in [3.8, 4) is 5.69 Å². The van der Waals surface area contributed by atoms with E-state index in [1.54, 1.807) is 42.4 Å². The standard InChI is InChI=1S/C29H32ClN5O3.ClH/c1-28(2,3)27(37)32-15-18-10-12-22(30)20(14-18)26(36)34-23-8-7-9-24-21(23)17-33-35(24)19-11-13-25(31-16-19)29(4,5)38-6;/h7-14,16-17H,15H2,1-6H3,(H,32,37)(H,34,36);1H. The van der Waals surface area contributed by atoms with Crippen molar-refractivity contribution in [2.45, 2.75) is 46.8 Å². The van der Waals surface area contributed by atoms with Crippen LogP contribution in [0.1, 0.15) is 56.2 Å². The second-order valence-corrected chi connectivity index (χ2v) is 11.0. The SMILES string of the molecule is COC(C)(C)c1ccc(-n2ncc3c(NC(=O)c4cc(CNC(=O)C(C)(C)C)ccc4Cl)cccc32)cn1.Cl. The molecule has 0 aliphatic rings. The molecular weight excluding hydrogens is 537 g/mol. The van der Waals surface area contributed by atoms with E-state index in [1.807, 2.05) is 65.0 Å². The summed E-state index contributed by atoms with van der Waals surface area (Å²) in [4.78, 5) is 30.0. The van der Waals surface area contributed by atoms with E-state index in [4.69, 9.17) is 16.3 Å². The number of rotatable bonds is 7. The number of ether oxygens (including phenoxy) is 1. The fourth-order valence-electron chi connectivity index (χ4n) is 3.83. The molecule has 0 unspecified atom stereocenters. The van der Waals surface area contributed by atoms with Gasteiger partial charge in [0.05, 0.1) is 45.6 Å². The molecule has 0 aliphatic carbocycles. The van der Waals surface area contributed by atoms with Gasteiger partial charge in [0.25, 0.3) is 5.91 Å². The molecule has 2 aromatic carbocycles. The van der Waals surface area contributed by atoms with Crippen molar-refractivity contribution in [3.63, 3.8) is 0 Å². The number of aromatic nitrogens is 3. The normalized spacial score (nSPS) is 11.7. The third kappa shape index (κ3) is 6.58. The van der Waals surface area contributed by atoms with Crippen LogP contribution in [-0.2, 0) is 21.7 Å². The fourth-order valence-corrected chi connectivity index (χ4v) is 4.03. The van der Waals surface area contributed by atoms with Gasteiger partial charge in [-0.15, -0.1) is 12.4 Å². The molecule has 0 bridgehead atoms. The molecule has 10 heteroatoms. The van der Waals surface area contributed by atoms with Gasteiger partial charge in [0.15, 0.2) is 0 Å². The minimum Gasteiger partial charge on any atom is -0.373 e. The smallest absolute Gasteiger partial charge is 0.257 e. The van der Waals surface area contributed by atoms with Crippen LogP contribution in [-0.4, -0.2) is 33.7 Å². The molecule has 39 heavy (non-hydrogen) atoms. The van der Waals surface area contributed by atoms with Crippen LogP contribution >= 0.6 is 24.0 Å². The average Bonchev–Trinajstić information content (AvgIpc) is 3.32. The van der Waals surface area contributed by atoms with Gasteiger partial charge in [-0.3, -0.25) is 14.6 Å². The molecule has 0 spiro atoms. The molecule has 0 aliphatic heterocycles. The van der Waals surface area contributed by atoms with Gasteiger partial charge in [0.1, 0.15) is 5.60 Å². The maximum absolute atomic E-state index is 13.2. The van der Waals surface area contributed by atoms with Crippen molar-refractivity contribution in [2.24, 2.45) is 5.41 Å². The van der Waals surface area contributed by atoms with E-state index >= 15 is 0 Å². The number of anilines is 1. The largest absolute Gasteiger partial charge is 0.373 e. The lowest BCUT2D eigenvalue weighted by Gasteiger charge is -2.22. The zero-order chi connectivity index (χ0) is 27.7. The van der Waals surface area contributed by atoms with Crippen LogP contribution in [0.4, 0.5) is 5.69 Å². The summed E-state index contributed by atoms with van der Waals surface area (Å²) in [7, 11) is 1.65. The summed E-state index contributed by atoms with van der Waals surface area (Å²) >= 11 is 6.37. The Balaban J connectivity index is 0.00000420. The summed E-state index contributed by atoms with van der Waals surface area (Å²) in [5.74, 6) is -0.429. The number of carbonyl (C=O) groups excluding carboxylic acids is 2. The van der Waals surface area contributed by atoms with Gasteiger partial charge < -0.3 is 15.4 Å². The van der Waals surface area contributed by atoms with E-state index in [0.29, 0.717) is 22.8 Å². The minimum absolute atomic E-state index is 0. The summed E-state index contributed by atoms with van der Waals surface area (Å²) < 4.78 is 7.28. The topological polar surface area (TPSA) is 98.1 Å². The summed E-state index contributed by atoms with van der Waals surface area (Å²) in [6.07, 6.45) is 3.45. The first-order valence-corrected chi connectivity index (χ1v) is 12.7. The Morgan fingerprint density at radius 3 is 2.41 bits per heavy atom. The quantitative estimate of drug-likeness (QED) is 0.272. The molecule has 0 radical (unpaired) electrons. The molecule has 206 valence electrons. The highest BCUT2D eigenvalue weighted by atomic mass is 35.5. The molecule has 8 nitrogen and oxygen atoms in total. The Hall–Kier alpha value is -3.46. The summed E-state index contributed by atoms with van der Waals surface area (Å²) in [5.41, 5.74) is 3.10. The molecule has 0 saturated carbocycles. The van der Waals surface area contributed by atoms with Crippen molar-refractivity contribution in [1.82, 2.24) is 20.1 Å². The first-order chi connectivity index (χ1) is 17.9. The molecular formula is C29H33Cl2N5O3. The van der Waals surface area contributed by atoms with Crippen LogP contribution < -0.4 is 10.6 Å². The number of nitrogens with zero attached hydrogens (tertiary/aromatic N) is 3. The monoisotopic (exact) mass is 569 g/mol. The summed E-state index contributed by atoms with van der Waals surface area (Å²) in [5, 5.41) is 11.5. The first kappa shape index (κ1) is 30.1. The van der Waals surface area contributed by atoms with Crippen molar-refractivity contribution >= 4 is 52.4 Å². The van der Waals surface area contributed by atoms with Gasteiger partial charge in [-0.25, -0.2) is 4.68 Å². The number of nitrogens with one attached hydrogen (secondary N) is 2. The van der Waals surface area contributed by atoms with Crippen LogP contribution in [0.25, 0.3) is 16.6 Å². The number of carbonyl (C=O) groups is 2. The van der Waals surface area contributed by atoms with Gasteiger partial charge in [0, 0.05) is 24.5 Å². The average molecular weight is 571 g/mol. The lowest BCUT2D eigenvalue weighted by atomic mass is 9.95. The molecule has 2 aromatic heterocycles. The fraction of sp³-hybridized carbons (Fsp3) is 0.310. The van der Waals surface area contributed by atoms with Gasteiger partial charge in [-0.2, -0.15) is 5.10 Å². The summed E-state index contributed by atoms with van der Waals surface area (Å²) in [6, 6.07) is 14.6. The van der Waals surface area contributed by atoms with Crippen LogP contribution in [0.2, 0.25) is 5.02 Å². The number of amides is 2. The number of hydrogen-bond acceptors (Lipinski definition) is 5. The zero-order valence-electron chi connectivity index (χ0n) is 22.8. The van der Waals surface area contributed by atoms with Gasteiger partial charge in [-0.1, -0.05) is 44.5 Å². The number of fused-ring (bicyclic) bond motifs is 1. The lowest BCUT2D eigenvalue weighted by Crippen LogP contribution is -2.34. The van der Waals surface area contributed by atoms with Crippen LogP contribution in [0, 0.1) is 5.41 Å². The van der Waals surface area contributed by atoms with Crippen molar-refractivity contribution in [1.29, 1.82) is 0 Å². The second kappa shape index (κ2) is 11.7. The van der Waals surface area contributed by atoms with E-state index in [-0.39, 0.29) is 24.2 Å². The predicted molar refractivity (Wildman–Crippen MR) is 157 cm³/mol. The number of methoxy groups -OCH3 is 1. The Morgan fingerprint density at radius 1 is 1.03 bits per heavy atom. The first-order valence-electron chi connectivity index (χ1n) is 12.3. The summed E-state index contributed by atoms with van der Waals surface area (Å²) in [6.45, 7) is 9.75. The minimum atomic E-state index is -0.506. The van der Waals surface area contributed by atoms with E-state index in [9.17, 15) is 9.59 Å². The Labute approximate surface area is 239 Å². The molecule has 4 aromatic rings. The van der Waals surface area contributed by atoms with Crippen molar-refractivity contribution in [3.05, 3.63) is 82.8 Å². The maximum Gasteiger partial charge on any atom is 0.257 e. The van der Waals surface area contributed by atoms with Crippen LogP contribution in [0.3, 0.4) is 0 Å². The Morgan fingerprint density at radius 2 is 1.77 bits per heavy atom. The number of halogens is 2. The van der Waals surface area contributed by atoms with Gasteiger partial charge >= 0.3 is 0 Å². The number of hydrogen-bond donors (Lipinski definition) is 2. The number of benzene rings is 2.